The molecule has 1 saturated heterocycles. The maximum Gasteiger partial charge on any atom is 0.227 e. The van der Waals surface area contributed by atoms with Crippen LogP contribution in [0.4, 0.5) is 0 Å². The van der Waals surface area contributed by atoms with E-state index in [4.69, 9.17) is 9.47 Å². The summed E-state index contributed by atoms with van der Waals surface area (Å²) < 4.78 is 13.1. The predicted octanol–water partition coefficient (Wildman–Crippen LogP) is 2.06. The third-order valence-corrected chi connectivity index (χ3v) is 4.61. The number of hydrogen-bond donors (Lipinski definition) is 0. The Labute approximate surface area is 141 Å². The summed E-state index contributed by atoms with van der Waals surface area (Å²) >= 11 is 0. The zero-order valence-electron chi connectivity index (χ0n) is 13.6. The van der Waals surface area contributed by atoms with Gasteiger partial charge in [-0.1, -0.05) is 6.07 Å². The van der Waals surface area contributed by atoms with Gasteiger partial charge in [-0.3, -0.25) is 9.48 Å². The molecule has 0 aliphatic carbocycles. The summed E-state index contributed by atoms with van der Waals surface area (Å²) in [4.78, 5) is 14.6. The van der Waals surface area contributed by atoms with Crippen molar-refractivity contribution >= 4 is 5.91 Å². The minimum absolute atomic E-state index is 0.156. The Morgan fingerprint density at radius 1 is 1.25 bits per heavy atom. The van der Waals surface area contributed by atoms with E-state index in [0.29, 0.717) is 19.6 Å². The molecule has 6 nitrogen and oxygen atoms in total. The molecule has 1 unspecified atom stereocenters. The smallest absolute Gasteiger partial charge is 0.227 e. The van der Waals surface area contributed by atoms with Crippen LogP contribution in [0.2, 0.25) is 0 Å². The van der Waals surface area contributed by atoms with Gasteiger partial charge in [-0.2, -0.15) is 5.10 Å². The number of piperidine rings is 1. The van der Waals surface area contributed by atoms with Gasteiger partial charge in [0.15, 0.2) is 11.5 Å². The molecule has 1 fully saturated rings. The van der Waals surface area contributed by atoms with E-state index >= 15 is 0 Å². The van der Waals surface area contributed by atoms with E-state index in [9.17, 15) is 4.79 Å². The van der Waals surface area contributed by atoms with Gasteiger partial charge >= 0.3 is 0 Å². The van der Waals surface area contributed by atoms with E-state index in [1.165, 1.54) is 0 Å². The molecule has 2 aromatic rings. The highest BCUT2D eigenvalue weighted by molar-refractivity contribution is 5.79. The van der Waals surface area contributed by atoms with Crippen LogP contribution in [0, 0.1) is 0 Å². The molecule has 1 atom stereocenters. The number of fused-ring (bicyclic) bond motifs is 1. The molecule has 0 saturated carbocycles. The number of nitrogens with zero attached hydrogens (tertiary/aromatic N) is 3. The average molecular weight is 327 g/mol. The molecule has 24 heavy (non-hydrogen) atoms. The first kappa shape index (κ1) is 15.1. The number of likely N-dealkylation sites (tertiary alicyclic amines) is 1. The molecule has 1 aromatic carbocycles. The van der Waals surface area contributed by atoms with Crippen molar-refractivity contribution in [3.05, 3.63) is 42.2 Å². The fourth-order valence-electron chi connectivity index (χ4n) is 3.38. The van der Waals surface area contributed by atoms with Crippen molar-refractivity contribution in [1.29, 1.82) is 0 Å². The van der Waals surface area contributed by atoms with Gasteiger partial charge in [0.25, 0.3) is 0 Å². The van der Waals surface area contributed by atoms with Crippen molar-refractivity contribution in [2.75, 3.05) is 26.3 Å². The number of benzene rings is 1. The van der Waals surface area contributed by atoms with Crippen molar-refractivity contribution in [2.45, 2.75) is 25.3 Å². The highest BCUT2D eigenvalue weighted by atomic mass is 16.6. The third-order valence-electron chi connectivity index (χ3n) is 4.61. The van der Waals surface area contributed by atoms with Crippen molar-refractivity contribution < 1.29 is 14.3 Å². The molecule has 1 aromatic heterocycles. The number of hydrogen-bond acceptors (Lipinski definition) is 4. The van der Waals surface area contributed by atoms with E-state index < -0.39 is 0 Å². The van der Waals surface area contributed by atoms with E-state index in [2.05, 4.69) is 5.10 Å². The van der Waals surface area contributed by atoms with Gasteiger partial charge in [-0.15, -0.1) is 0 Å². The van der Waals surface area contributed by atoms with Gasteiger partial charge in [-0.25, -0.2) is 0 Å². The Bertz CT molecular complexity index is 714. The lowest BCUT2D eigenvalue weighted by atomic mass is 10.0. The number of rotatable bonds is 3. The lowest BCUT2D eigenvalue weighted by Crippen LogP contribution is -2.41. The first-order chi connectivity index (χ1) is 11.8. The lowest BCUT2D eigenvalue weighted by molar-refractivity contribution is -0.132. The Kier molecular flexibility index (Phi) is 4.11. The Morgan fingerprint density at radius 2 is 2.12 bits per heavy atom. The molecule has 6 heteroatoms. The summed E-state index contributed by atoms with van der Waals surface area (Å²) in [7, 11) is 0. The second-order valence-corrected chi connectivity index (χ2v) is 6.28. The van der Waals surface area contributed by atoms with Gasteiger partial charge in [0, 0.05) is 25.5 Å². The zero-order chi connectivity index (χ0) is 16.4. The topological polar surface area (TPSA) is 56.6 Å². The van der Waals surface area contributed by atoms with Crippen molar-refractivity contribution in [2.24, 2.45) is 0 Å². The van der Waals surface area contributed by atoms with Gasteiger partial charge in [0.05, 0.1) is 12.5 Å². The molecule has 0 N–H and O–H groups in total. The predicted molar refractivity (Wildman–Crippen MR) is 88.2 cm³/mol. The number of carbonyl (C=O) groups excluding carboxylic acids is 1. The molecule has 1 amide bonds. The summed E-state index contributed by atoms with van der Waals surface area (Å²) in [5.41, 5.74) is 0.963. The standard InChI is InChI=1S/C18H21N3O3/c22-18(12-14-4-5-16-17(11-14)24-10-9-23-16)20-7-1-3-15(13-20)21-8-2-6-19-21/h2,4-6,8,11,15H,1,3,7,9-10,12-13H2. The number of amides is 1. The van der Waals surface area contributed by atoms with Crippen LogP contribution in [0.25, 0.3) is 0 Å². The molecule has 4 rings (SSSR count). The van der Waals surface area contributed by atoms with Crippen LogP contribution in [0.5, 0.6) is 11.5 Å². The van der Waals surface area contributed by atoms with E-state index in [0.717, 1.165) is 43.0 Å². The van der Waals surface area contributed by atoms with Crippen LogP contribution in [-0.4, -0.2) is 46.9 Å². The van der Waals surface area contributed by atoms with E-state index in [-0.39, 0.29) is 11.9 Å². The summed E-state index contributed by atoms with van der Waals surface area (Å²) in [5.74, 6) is 1.65. The maximum absolute atomic E-state index is 12.7. The minimum Gasteiger partial charge on any atom is -0.486 e. The highest BCUT2D eigenvalue weighted by Gasteiger charge is 2.25. The van der Waals surface area contributed by atoms with Crippen molar-refractivity contribution in [1.82, 2.24) is 14.7 Å². The highest BCUT2D eigenvalue weighted by Crippen LogP contribution is 2.31. The first-order valence-electron chi connectivity index (χ1n) is 8.45. The molecule has 0 radical (unpaired) electrons. The first-order valence-corrected chi connectivity index (χ1v) is 8.45. The van der Waals surface area contributed by atoms with Gasteiger partial charge < -0.3 is 14.4 Å². The monoisotopic (exact) mass is 327 g/mol. The molecule has 0 bridgehead atoms. The summed E-state index contributed by atoms with van der Waals surface area (Å²) in [5, 5.41) is 4.31. The summed E-state index contributed by atoms with van der Waals surface area (Å²) in [6, 6.07) is 7.95. The van der Waals surface area contributed by atoms with Gasteiger partial charge in [0.1, 0.15) is 13.2 Å². The van der Waals surface area contributed by atoms with Crippen molar-refractivity contribution in [3.8, 4) is 11.5 Å². The van der Waals surface area contributed by atoms with Crippen LogP contribution in [0.3, 0.4) is 0 Å². The molecule has 3 heterocycles. The fourth-order valence-corrected chi connectivity index (χ4v) is 3.38. The molecule has 126 valence electrons. The number of ether oxygens (including phenoxy) is 2. The number of carbonyl (C=O) groups is 1. The minimum atomic E-state index is 0.156. The van der Waals surface area contributed by atoms with Gasteiger partial charge in [-0.05, 0) is 36.6 Å². The Morgan fingerprint density at radius 3 is 2.96 bits per heavy atom. The SMILES string of the molecule is O=C(Cc1ccc2c(c1)OCCO2)N1CCCC(n2cccn2)C1. The second kappa shape index (κ2) is 6.55. The van der Waals surface area contributed by atoms with Crippen LogP contribution < -0.4 is 9.47 Å². The summed E-state index contributed by atoms with van der Waals surface area (Å²) in [6.45, 7) is 2.68. The quantitative estimate of drug-likeness (QED) is 0.866. The lowest BCUT2D eigenvalue weighted by Gasteiger charge is -2.33. The van der Waals surface area contributed by atoms with Crippen LogP contribution in [0.1, 0.15) is 24.4 Å². The molecule has 0 spiro atoms. The maximum atomic E-state index is 12.7. The van der Waals surface area contributed by atoms with Crippen LogP contribution in [0.15, 0.2) is 36.7 Å². The third kappa shape index (κ3) is 3.09. The van der Waals surface area contributed by atoms with E-state index in [1.807, 2.05) is 40.0 Å². The Hall–Kier alpha value is -2.50. The zero-order valence-corrected chi connectivity index (χ0v) is 13.6. The van der Waals surface area contributed by atoms with Crippen LogP contribution >= 0.6 is 0 Å². The fraction of sp³-hybridized carbons (Fsp3) is 0.444. The summed E-state index contributed by atoms with van der Waals surface area (Å²) in [6.07, 6.45) is 6.23. The molecular formula is C18H21N3O3. The second-order valence-electron chi connectivity index (χ2n) is 6.28. The van der Waals surface area contributed by atoms with Gasteiger partial charge in [0.2, 0.25) is 5.91 Å². The number of aromatic nitrogens is 2. The Balaban J connectivity index is 1.42. The average Bonchev–Trinajstić information content (AvgIpc) is 3.16. The van der Waals surface area contributed by atoms with Crippen LogP contribution in [-0.2, 0) is 11.2 Å². The molecular weight excluding hydrogens is 306 g/mol. The van der Waals surface area contributed by atoms with Crippen molar-refractivity contribution in [3.63, 3.8) is 0 Å². The molecule has 2 aliphatic heterocycles. The largest absolute Gasteiger partial charge is 0.486 e. The molecule has 2 aliphatic rings. The van der Waals surface area contributed by atoms with E-state index in [1.54, 1.807) is 6.20 Å². The normalized spacial score (nSPS) is 20.0.